The largest absolute Gasteiger partial charge is 0.444 e. The van der Waals surface area contributed by atoms with Crippen molar-refractivity contribution in [1.82, 2.24) is 9.88 Å². The zero-order chi connectivity index (χ0) is 17.2. The van der Waals surface area contributed by atoms with E-state index >= 15 is 0 Å². The van der Waals surface area contributed by atoms with Gasteiger partial charge in [0.15, 0.2) is 6.20 Å². The van der Waals surface area contributed by atoms with Crippen LogP contribution < -0.4 is 5.32 Å². The van der Waals surface area contributed by atoms with Crippen molar-refractivity contribution in [2.75, 3.05) is 18.4 Å². The van der Waals surface area contributed by atoms with Crippen LogP contribution in [0.25, 0.3) is 0 Å². The summed E-state index contributed by atoms with van der Waals surface area (Å²) in [6.45, 7) is 6.41. The Bertz CT molecular complexity index is 617. The number of ether oxygens (including phenoxy) is 1. The van der Waals surface area contributed by atoms with Gasteiger partial charge in [-0.05, 0) is 59.1 Å². The molecule has 0 bridgehead atoms. The minimum absolute atomic E-state index is 0.0858. The molecule has 0 unspecified atom stereocenters. The maximum Gasteiger partial charge on any atom is 0.410 e. The summed E-state index contributed by atoms with van der Waals surface area (Å²) in [6, 6.07) is 1.53. The smallest absolute Gasteiger partial charge is 0.410 e. The molecule has 126 valence electrons. The van der Waals surface area contributed by atoms with Gasteiger partial charge in [0.1, 0.15) is 11.3 Å². The summed E-state index contributed by atoms with van der Waals surface area (Å²) in [5, 5.41) is 14.1. The third kappa shape index (κ3) is 4.78. The van der Waals surface area contributed by atoms with Crippen LogP contribution in [0.1, 0.15) is 27.2 Å². The predicted octanol–water partition coefficient (Wildman–Crippen LogP) is 3.17. The number of pyridine rings is 1. The molecule has 0 spiro atoms. The number of amides is 1. The van der Waals surface area contributed by atoms with Crippen molar-refractivity contribution >= 4 is 33.5 Å². The number of anilines is 1. The van der Waals surface area contributed by atoms with Gasteiger partial charge in [-0.3, -0.25) is 0 Å². The Kier molecular flexibility index (Phi) is 5.08. The molecule has 2 heterocycles. The van der Waals surface area contributed by atoms with Crippen molar-refractivity contribution in [3.05, 3.63) is 26.9 Å². The molecule has 1 amide bonds. The predicted molar refractivity (Wildman–Crippen MR) is 88.4 cm³/mol. The van der Waals surface area contributed by atoms with E-state index in [9.17, 15) is 14.9 Å². The highest BCUT2D eigenvalue weighted by atomic mass is 79.9. The molecule has 8 nitrogen and oxygen atoms in total. The van der Waals surface area contributed by atoms with Crippen molar-refractivity contribution in [3.63, 3.8) is 0 Å². The summed E-state index contributed by atoms with van der Waals surface area (Å²) >= 11 is 3.25. The summed E-state index contributed by atoms with van der Waals surface area (Å²) in [5.41, 5.74) is -0.212. The normalized spacial score (nSPS) is 17.9. The van der Waals surface area contributed by atoms with E-state index < -0.39 is 10.5 Å². The van der Waals surface area contributed by atoms with Gasteiger partial charge >= 0.3 is 11.9 Å². The van der Waals surface area contributed by atoms with E-state index in [2.05, 4.69) is 26.2 Å². The fraction of sp³-hybridized carbons (Fsp3) is 0.571. The monoisotopic (exact) mass is 386 g/mol. The first-order valence-electron chi connectivity index (χ1n) is 7.20. The van der Waals surface area contributed by atoms with E-state index in [0.717, 1.165) is 0 Å². The van der Waals surface area contributed by atoms with Crippen molar-refractivity contribution in [2.24, 2.45) is 0 Å². The van der Waals surface area contributed by atoms with Gasteiger partial charge in [-0.1, -0.05) is 0 Å². The summed E-state index contributed by atoms with van der Waals surface area (Å²) in [5.74, 6) is -0.232. The highest BCUT2D eigenvalue weighted by Gasteiger charge is 2.31. The Morgan fingerprint density at radius 1 is 1.57 bits per heavy atom. The number of nitrogens with zero attached hydrogens (tertiary/aromatic N) is 3. The number of carbonyl (C=O) groups excluding carboxylic acids is 1. The summed E-state index contributed by atoms with van der Waals surface area (Å²) in [4.78, 5) is 27.9. The van der Waals surface area contributed by atoms with Gasteiger partial charge in [-0.2, -0.15) is 0 Å². The first kappa shape index (κ1) is 17.5. The van der Waals surface area contributed by atoms with Crippen LogP contribution in [-0.4, -0.2) is 45.6 Å². The van der Waals surface area contributed by atoms with Crippen LogP contribution in [0.4, 0.5) is 16.3 Å². The van der Waals surface area contributed by atoms with Gasteiger partial charge in [-0.15, -0.1) is 0 Å². The number of hydrogen-bond donors (Lipinski definition) is 1. The van der Waals surface area contributed by atoms with Gasteiger partial charge in [0.25, 0.3) is 0 Å². The van der Waals surface area contributed by atoms with Crippen LogP contribution in [-0.2, 0) is 4.74 Å². The van der Waals surface area contributed by atoms with Crippen LogP contribution in [0, 0.1) is 10.1 Å². The zero-order valence-electron chi connectivity index (χ0n) is 13.2. The van der Waals surface area contributed by atoms with Crippen LogP contribution in [0.3, 0.4) is 0 Å². The summed E-state index contributed by atoms with van der Waals surface area (Å²) in [6.07, 6.45) is 1.69. The molecule has 23 heavy (non-hydrogen) atoms. The van der Waals surface area contributed by atoms with Crippen LogP contribution in [0.2, 0.25) is 0 Å². The van der Waals surface area contributed by atoms with Crippen molar-refractivity contribution in [3.8, 4) is 0 Å². The molecule has 1 aromatic heterocycles. The average molecular weight is 387 g/mol. The molecule has 1 fully saturated rings. The lowest BCUT2D eigenvalue weighted by atomic mass is 10.2. The molecule has 1 saturated heterocycles. The third-order valence-electron chi connectivity index (χ3n) is 3.21. The molecule has 0 aliphatic carbocycles. The SMILES string of the molecule is CC(C)(C)OC(=O)N1CC[C@@H](Nc2cc(Br)cnc2[N+](=O)[O-])C1. The van der Waals surface area contributed by atoms with E-state index in [1.54, 1.807) is 11.0 Å². The first-order chi connectivity index (χ1) is 10.7. The third-order valence-corrected chi connectivity index (χ3v) is 3.64. The molecular formula is C14H19BrN4O4. The van der Waals surface area contributed by atoms with E-state index in [4.69, 9.17) is 4.74 Å². The van der Waals surface area contributed by atoms with E-state index in [1.165, 1.54) is 6.20 Å². The van der Waals surface area contributed by atoms with Gasteiger partial charge in [0, 0.05) is 19.1 Å². The number of halogens is 1. The van der Waals surface area contributed by atoms with Gasteiger partial charge in [0.05, 0.1) is 4.47 Å². The second-order valence-corrected chi connectivity index (χ2v) is 7.25. The fourth-order valence-corrected chi connectivity index (χ4v) is 2.61. The molecule has 1 atom stereocenters. The molecule has 0 saturated carbocycles. The second-order valence-electron chi connectivity index (χ2n) is 6.34. The number of rotatable bonds is 3. The lowest BCUT2D eigenvalue weighted by Crippen LogP contribution is -2.36. The maximum absolute atomic E-state index is 12.0. The standard InChI is InChI=1S/C14H19BrN4O4/c1-14(2,3)23-13(20)18-5-4-10(8-18)17-11-6-9(15)7-16-12(11)19(21)22/h6-7,10,17H,4-5,8H2,1-3H3/t10-/m1/s1. The van der Waals surface area contributed by atoms with Crippen LogP contribution in [0.5, 0.6) is 0 Å². The Morgan fingerprint density at radius 2 is 2.26 bits per heavy atom. The Balaban J connectivity index is 2.02. The molecule has 1 aromatic rings. The highest BCUT2D eigenvalue weighted by molar-refractivity contribution is 9.10. The first-order valence-corrected chi connectivity index (χ1v) is 7.99. The lowest BCUT2D eigenvalue weighted by Gasteiger charge is -2.24. The van der Waals surface area contributed by atoms with Crippen molar-refractivity contribution in [1.29, 1.82) is 0 Å². The second kappa shape index (κ2) is 6.69. The topological polar surface area (TPSA) is 97.6 Å². The molecule has 1 aliphatic rings. The van der Waals surface area contributed by atoms with Gasteiger partial charge in [0.2, 0.25) is 0 Å². The van der Waals surface area contributed by atoms with E-state index in [1.807, 2.05) is 20.8 Å². The number of carbonyl (C=O) groups is 1. The van der Waals surface area contributed by atoms with Crippen LogP contribution in [0.15, 0.2) is 16.7 Å². The van der Waals surface area contributed by atoms with Gasteiger partial charge in [-0.25, -0.2) is 4.79 Å². The summed E-state index contributed by atoms with van der Waals surface area (Å²) in [7, 11) is 0. The molecule has 9 heteroatoms. The Labute approximate surface area is 142 Å². The van der Waals surface area contributed by atoms with E-state index in [0.29, 0.717) is 29.7 Å². The quantitative estimate of drug-likeness (QED) is 0.632. The van der Waals surface area contributed by atoms with Gasteiger partial charge < -0.3 is 25.1 Å². The number of aromatic nitrogens is 1. The maximum atomic E-state index is 12.0. The minimum atomic E-state index is -0.546. The Morgan fingerprint density at radius 3 is 2.87 bits per heavy atom. The van der Waals surface area contributed by atoms with E-state index in [-0.39, 0.29) is 18.0 Å². The fourth-order valence-electron chi connectivity index (χ4n) is 2.27. The molecule has 0 aromatic carbocycles. The molecule has 1 aliphatic heterocycles. The molecular weight excluding hydrogens is 368 g/mol. The number of nitro groups is 1. The molecule has 0 radical (unpaired) electrons. The Hall–Kier alpha value is -1.90. The number of hydrogen-bond acceptors (Lipinski definition) is 6. The number of nitrogens with one attached hydrogen (secondary N) is 1. The average Bonchev–Trinajstić information content (AvgIpc) is 2.85. The number of likely N-dealkylation sites (tertiary alicyclic amines) is 1. The molecule has 1 N–H and O–H groups in total. The summed E-state index contributed by atoms with van der Waals surface area (Å²) < 4.78 is 5.98. The van der Waals surface area contributed by atoms with Crippen molar-refractivity contribution < 1.29 is 14.5 Å². The zero-order valence-corrected chi connectivity index (χ0v) is 14.8. The lowest BCUT2D eigenvalue weighted by molar-refractivity contribution is -0.388. The van der Waals surface area contributed by atoms with Crippen molar-refractivity contribution in [2.45, 2.75) is 38.8 Å². The minimum Gasteiger partial charge on any atom is -0.444 e. The van der Waals surface area contributed by atoms with Crippen LogP contribution >= 0.6 is 15.9 Å². The highest BCUT2D eigenvalue weighted by Crippen LogP contribution is 2.27. The molecule has 2 rings (SSSR count).